The van der Waals surface area contributed by atoms with E-state index in [-0.39, 0.29) is 77.4 Å². The summed E-state index contributed by atoms with van der Waals surface area (Å²) in [6.45, 7) is 12.2. The minimum Gasteiger partial charge on any atom is -0.461 e. The molecule has 5 aliphatic carbocycles. The van der Waals surface area contributed by atoms with Crippen molar-refractivity contribution < 1.29 is 29.3 Å². The maximum Gasteiger partial charge on any atom is 0.309 e. The van der Waals surface area contributed by atoms with Crippen LogP contribution in [0, 0.1) is 58.7 Å². The van der Waals surface area contributed by atoms with Gasteiger partial charge in [0, 0.05) is 29.1 Å². The van der Waals surface area contributed by atoms with Crippen molar-refractivity contribution in [3.8, 4) is 0 Å². The highest BCUT2D eigenvalue weighted by atomic mass is 16.6. The number of rotatable bonds is 0. The van der Waals surface area contributed by atoms with Gasteiger partial charge in [-0.1, -0.05) is 31.1 Å². The van der Waals surface area contributed by atoms with Gasteiger partial charge in [-0.3, -0.25) is 9.59 Å². The predicted molar refractivity (Wildman–Crippen MR) is 131 cm³/mol. The molecule has 1 unspecified atom stereocenters. The standard InChI is InChI=1S/C30H40O6/c1-12-11-18-20-21(30(12)24(18)29(6,34)10-8-17-14(3)27(32)36-25(17)30)15(4)19-22(20)28(5,33)9-7-16-13(2)26(31)35-23(16)19/h11,13-14,16-18,20-25,33-34H,7-10H2,1-6H3/t13-,14-,16-,17-,18+,20+,21+,22?,23-,24+,25-,28-,29-,30+/m0/s1. The van der Waals surface area contributed by atoms with Crippen LogP contribution < -0.4 is 0 Å². The van der Waals surface area contributed by atoms with Crippen molar-refractivity contribution in [1.29, 1.82) is 0 Å². The number of aliphatic hydroxyl groups is 2. The molecule has 0 radical (unpaired) electrons. The molecule has 7 rings (SSSR count). The summed E-state index contributed by atoms with van der Waals surface area (Å²) in [5.41, 5.74) is 1.23. The molecule has 0 amide bonds. The Morgan fingerprint density at radius 2 is 1.50 bits per heavy atom. The van der Waals surface area contributed by atoms with Crippen molar-refractivity contribution in [1.82, 2.24) is 0 Å². The lowest BCUT2D eigenvalue weighted by molar-refractivity contribution is -0.153. The molecule has 2 bridgehead atoms. The van der Waals surface area contributed by atoms with Crippen LogP contribution in [0.25, 0.3) is 0 Å². The van der Waals surface area contributed by atoms with Gasteiger partial charge in [0.2, 0.25) is 0 Å². The molecule has 2 aliphatic heterocycles. The molecular formula is C30H40O6. The summed E-state index contributed by atoms with van der Waals surface area (Å²) in [7, 11) is 0. The summed E-state index contributed by atoms with van der Waals surface area (Å²) < 4.78 is 12.4. The highest BCUT2D eigenvalue weighted by Gasteiger charge is 2.78. The molecule has 36 heavy (non-hydrogen) atoms. The number of fused-ring (bicyclic) bond motifs is 7. The van der Waals surface area contributed by atoms with Crippen molar-refractivity contribution in [3.05, 3.63) is 22.8 Å². The summed E-state index contributed by atoms with van der Waals surface area (Å²) in [4.78, 5) is 25.7. The maximum atomic E-state index is 13.0. The molecule has 3 saturated carbocycles. The fraction of sp³-hybridized carbons (Fsp3) is 0.800. The number of esters is 2. The molecule has 0 spiro atoms. The minimum absolute atomic E-state index is 0.0486. The molecule has 2 N–H and O–H groups in total. The lowest BCUT2D eigenvalue weighted by atomic mass is 9.58. The summed E-state index contributed by atoms with van der Waals surface area (Å²) >= 11 is 0. The molecule has 14 atom stereocenters. The van der Waals surface area contributed by atoms with Crippen LogP contribution in [0.1, 0.15) is 67.2 Å². The zero-order chi connectivity index (χ0) is 25.7. The van der Waals surface area contributed by atoms with Gasteiger partial charge >= 0.3 is 11.9 Å². The van der Waals surface area contributed by atoms with Crippen molar-refractivity contribution in [2.24, 2.45) is 58.7 Å². The van der Waals surface area contributed by atoms with Gasteiger partial charge in [0.1, 0.15) is 12.2 Å². The van der Waals surface area contributed by atoms with Gasteiger partial charge < -0.3 is 19.7 Å². The third kappa shape index (κ3) is 2.43. The first kappa shape index (κ1) is 23.5. The molecule has 6 nitrogen and oxygen atoms in total. The van der Waals surface area contributed by atoms with Crippen LogP contribution in [0.2, 0.25) is 0 Å². The number of carbonyl (C=O) groups excluding carboxylic acids is 2. The van der Waals surface area contributed by atoms with E-state index in [1.807, 2.05) is 27.7 Å². The van der Waals surface area contributed by atoms with Crippen LogP contribution in [-0.2, 0) is 19.1 Å². The molecular weight excluding hydrogens is 456 g/mol. The zero-order valence-electron chi connectivity index (χ0n) is 22.3. The van der Waals surface area contributed by atoms with E-state index in [1.54, 1.807) is 0 Å². The van der Waals surface area contributed by atoms with Crippen LogP contribution in [0.4, 0.5) is 0 Å². The van der Waals surface area contributed by atoms with Crippen molar-refractivity contribution >= 4 is 11.9 Å². The summed E-state index contributed by atoms with van der Waals surface area (Å²) in [5.74, 6) is -0.460. The number of ether oxygens (including phenoxy) is 2. The largest absolute Gasteiger partial charge is 0.461 e. The molecule has 5 fully saturated rings. The fourth-order valence-electron chi connectivity index (χ4n) is 11.0. The normalized spacial score (nSPS) is 58.8. The van der Waals surface area contributed by atoms with E-state index in [2.05, 4.69) is 19.9 Å². The van der Waals surface area contributed by atoms with E-state index in [4.69, 9.17) is 9.47 Å². The van der Waals surface area contributed by atoms with Crippen LogP contribution in [0.3, 0.4) is 0 Å². The Hall–Kier alpha value is -1.66. The lowest BCUT2D eigenvalue weighted by Crippen LogP contribution is -2.51. The SMILES string of the molecule is CC1=C[C@@H]2[C@H]3C4C(=C(C)[C@H]3[C@]13[C@H]1OC(=O)[C@@H](C)[C@@H]1CC[C@](C)(O)[C@@H]23)[C@H]1OC(=O)[C@@H](C)[C@@H]1CC[C@]4(C)O. The van der Waals surface area contributed by atoms with Gasteiger partial charge in [0.15, 0.2) is 0 Å². The van der Waals surface area contributed by atoms with Gasteiger partial charge in [-0.25, -0.2) is 0 Å². The van der Waals surface area contributed by atoms with Crippen molar-refractivity contribution in [2.45, 2.75) is 90.6 Å². The molecule has 6 heteroatoms. The Bertz CT molecular complexity index is 1130. The summed E-state index contributed by atoms with van der Waals surface area (Å²) in [5, 5.41) is 24.1. The Morgan fingerprint density at radius 1 is 0.889 bits per heavy atom. The number of hydrogen-bond acceptors (Lipinski definition) is 6. The number of carbonyl (C=O) groups is 2. The summed E-state index contributed by atoms with van der Waals surface area (Å²) in [6.07, 6.45) is 4.59. The Morgan fingerprint density at radius 3 is 2.22 bits per heavy atom. The molecule has 2 heterocycles. The first-order valence-electron chi connectivity index (χ1n) is 14.1. The van der Waals surface area contributed by atoms with E-state index < -0.39 is 16.6 Å². The first-order valence-corrected chi connectivity index (χ1v) is 14.1. The second-order valence-electron chi connectivity index (χ2n) is 13.9. The average molecular weight is 497 g/mol. The Balaban J connectivity index is 1.47. The van der Waals surface area contributed by atoms with E-state index in [0.29, 0.717) is 12.8 Å². The maximum absolute atomic E-state index is 13.0. The molecule has 0 aromatic rings. The van der Waals surface area contributed by atoms with Crippen molar-refractivity contribution in [3.63, 3.8) is 0 Å². The minimum atomic E-state index is -0.931. The predicted octanol–water partition coefficient (Wildman–Crippen LogP) is 3.80. The summed E-state index contributed by atoms with van der Waals surface area (Å²) in [6, 6.07) is 0. The zero-order valence-corrected chi connectivity index (χ0v) is 22.3. The fourth-order valence-corrected chi connectivity index (χ4v) is 11.0. The van der Waals surface area contributed by atoms with Crippen molar-refractivity contribution in [2.75, 3.05) is 0 Å². The highest BCUT2D eigenvalue weighted by molar-refractivity contribution is 5.76. The molecule has 7 aliphatic rings. The average Bonchev–Trinajstić information content (AvgIpc) is 3.49. The number of hydrogen-bond donors (Lipinski definition) is 2. The number of allylic oxidation sites excluding steroid dienone is 2. The Kier molecular flexibility index (Phi) is 4.46. The molecule has 0 aromatic heterocycles. The highest BCUT2D eigenvalue weighted by Crippen LogP contribution is 2.78. The third-order valence-corrected chi connectivity index (χ3v) is 12.4. The second kappa shape index (κ2) is 6.85. The van der Waals surface area contributed by atoms with Gasteiger partial charge in [-0.05, 0) is 76.7 Å². The van der Waals surface area contributed by atoms with Gasteiger partial charge in [0.25, 0.3) is 0 Å². The monoisotopic (exact) mass is 496 g/mol. The van der Waals surface area contributed by atoms with Gasteiger partial charge in [-0.15, -0.1) is 0 Å². The first-order chi connectivity index (χ1) is 16.8. The Labute approximate surface area is 213 Å². The van der Waals surface area contributed by atoms with Crippen LogP contribution in [0.15, 0.2) is 22.8 Å². The topological polar surface area (TPSA) is 93.1 Å². The smallest absolute Gasteiger partial charge is 0.309 e. The van der Waals surface area contributed by atoms with Crippen LogP contribution >= 0.6 is 0 Å². The van der Waals surface area contributed by atoms with E-state index in [9.17, 15) is 19.8 Å². The quantitative estimate of drug-likeness (QED) is 0.391. The second-order valence-corrected chi connectivity index (χ2v) is 13.9. The third-order valence-electron chi connectivity index (χ3n) is 12.4. The van der Waals surface area contributed by atoms with E-state index in [1.165, 1.54) is 11.1 Å². The van der Waals surface area contributed by atoms with Crippen LogP contribution in [-0.4, -0.2) is 45.6 Å². The molecule has 0 aromatic carbocycles. The molecule has 196 valence electrons. The van der Waals surface area contributed by atoms with Gasteiger partial charge in [0.05, 0.1) is 23.0 Å². The lowest BCUT2D eigenvalue weighted by Gasteiger charge is -2.47. The van der Waals surface area contributed by atoms with E-state index in [0.717, 1.165) is 18.4 Å². The van der Waals surface area contributed by atoms with Crippen LogP contribution in [0.5, 0.6) is 0 Å². The molecule has 2 saturated heterocycles. The van der Waals surface area contributed by atoms with Gasteiger partial charge in [-0.2, -0.15) is 0 Å². The van der Waals surface area contributed by atoms with E-state index >= 15 is 0 Å².